The fourth-order valence-corrected chi connectivity index (χ4v) is 1.80. The van der Waals surface area contributed by atoms with Crippen molar-refractivity contribution in [1.82, 2.24) is 5.32 Å². The minimum atomic E-state index is 0.698. The van der Waals surface area contributed by atoms with Crippen LogP contribution in [0.5, 0.6) is 0 Å². The van der Waals surface area contributed by atoms with Crippen LogP contribution in [-0.2, 0) is 6.54 Å². The Hall–Kier alpha value is -0.860. The molecule has 14 heavy (non-hydrogen) atoms. The number of benzene rings is 1. The molecule has 0 aromatic heterocycles. The number of aryl methyl sites for hydroxylation is 3. The topological polar surface area (TPSA) is 38.0 Å². The Balaban J connectivity index is 2.75. The van der Waals surface area contributed by atoms with Crippen molar-refractivity contribution in [2.24, 2.45) is 5.73 Å². The Morgan fingerprint density at radius 2 is 1.71 bits per heavy atom. The number of hydrogen-bond acceptors (Lipinski definition) is 2. The highest BCUT2D eigenvalue weighted by atomic mass is 14.9. The summed E-state index contributed by atoms with van der Waals surface area (Å²) in [4.78, 5) is 0. The summed E-state index contributed by atoms with van der Waals surface area (Å²) in [5.41, 5.74) is 10.9. The monoisotopic (exact) mass is 192 g/mol. The molecule has 0 bridgehead atoms. The molecule has 78 valence electrons. The molecule has 0 aliphatic carbocycles. The number of hydrogen-bond donors (Lipinski definition) is 2. The Bertz CT molecular complexity index is 282. The smallest absolute Gasteiger partial charge is 0.0211 e. The average molecular weight is 192 g/mol. The number of nitrogens with two attached hydrogens (primary N) is 1. The predicted molar refractivity (Wildman–Crippen MR) is 61.4 cm³/mol. The van der Waals surface area contributed by atoms with Crippen LogP contribution in [0.2, 0.25) is 0 Å². The average Bonchev–Trinajstić information content (AvgIpc) is 2.09. The summed E-state index contributed by atoms with van der Waals surface area (Å²) in [6.07, 6.45) is 0. The minimum absolute atomic E-state index is 0.698. The SMILES string of the molecule is Cc1cc(C)c(CNCCN)c(C)c1. The van der Waals surface area contributed by atoms with Crippen molar-refractivity contribution in [2.75, 3.05) is 13.1 Å². The second kappa shape index (κ2) is 5.13. The van der Waals surface area contributed by atoms with E-state index in [1.807, 2.05) is 0 Å². The Labute approximate surface area is 86.5 Å². The first-order valence-corrected chi connectivity index (χ1v) is 5.12. The summed E-state index contributed by atoms with van der Waals surface area (Å²) < 4.78 is 0. The highest BCUT2D eigenvalue weighted by Gasteiger charge is 2.02. The van der Waals surface area contributed by atoms with Crippen molar-refractivity contribution in [3.05, 3.63) is 34.4 Å². The van der Waals surface area contributed by atoms with Crippen LogP contribution in [0.3, 0.4) is 0 Å². The maximum absolute atomic E-state index is 5.43. The van der Waals surface area contributed by atoms with Crippen LogP contribution in [0.4, 0.5) is 0 Å². The standard InChI is InChI=1S/C12H20N2/c1-9-6-10(2)12(11(3)7-9)8-14-5-4-13/h6-7,14H,4-5,8,13H2,1-3H3. The third-order valence-electron chi connectivity index (χ3n) is 2.46. The van der Waals surface area contributed by atoms with E-state index in [-0.39, 0.29) is 0 Å². The molecule has 3 N–H and O–H groups in total. The molecule has 0 saturated heterocycles. The largest absolute Gasteiger partial charge is 0.329 e. The van der Waals surface area contributed by atoms with Crippen LogP contribution in [0.1, 0.15) is 22.3 Å². The van der Waals surface area contributed by atoms with Crippen molar-refractivity contribution in [2.45, 2.75) is 27.3 Å². The molecule has 0 amide bonds. The van der Waals surface area contributed by atoms with Gasteiger partial charge in [0.15, 0.2) is 0 Å². The first kappa shape index (κ1) is 11.2. The quantitative estimate of drug-likeness (QED) is 0.712. The van der Waals surface area contributed by atoms with Crippen LogP contribution in [0.25, 0.3) is 0 Å². The molecule has 0 atom stereocenters. The Morgan fingerprint density at radius 1 is 1.14 bits per heavy atom. The van der Waals surface area contributed by atoms with Crippen LogP contribution < -0.4 is 11.1 Å². The van der Waals surface area contributed by atoms with Gasteiger partial charge in [-0.1, -0.05) is 17.7 Å². The fourth-order valence-electron chi connectivity index (χ4n) is 1.80. The van der Waals surface area contributed by atoms with Crippen molar-refractivity contribution in [3.8, 4) is 0 Å². The van der Waals surface area contributed by atoms with Gasteiger partial charge in [0.05, 0.1) is 0 Å². The molecule has 0 aliphatic heterocycles. The maximum atomic E-state index is 5.43. The van der Waals surface area contributed by atoms with E-state index in [0.29, 0.717) is 6.54 Å². The van der Waals surface area contributed by atoms with Gasteiger partial charge in [-0.25, -0.2) is 0 Å². The summed E-state index contributed by atoms with van der Waals surface area (Å²) in [6, 6.07) is 4.46. The first-order chi connectivity index (χ1) is 6.65. The van der Waals surface area contributed by atoms with Crippen LogP contribution in [0, 0.1) is 20.8 Å². The molecular formula is C12H20N2. The normalized spacial score (nSPS) is 10.6. The second-order valence-electron chi connectivity index (χ2n) is 3.84. The van der Waals surface area contributed by atoms with Crippen LogP contribution in [-0.4, -0.2) is 13.1 Å². The van der Waals surface area contributed by atoms with Gasteiger partial charge < -0.3 is 11.1 Å². The summed E-state index contributed by atoms with van der Waals surface area (Å²) >= 11 is 0. The van der Waals surface area contributed by atoms with Gasteiger partial charge in [0.1, 0.15) is 0 Å². The van der Waals surface area contributed by atoms with E-state index in [4.69, 9.17) is 5.73 Å². The van der Waals surface area contributed by atoms with E-state index in [0.717, 1.165) is 13.1 Å². The maximum Gasteiger partial charge on any atom is 0.0211 e. The lowest BCUT2D eigenvalue weighted by atomic mass is 10.00. The molecule has 1 aromatic rings. The van der Waals surface area contributed by atoms with Crippen molar-refractivity contribution < 1.29 is 0 Å². The lowest BCUT2D eigenvalue weighted by molar-refractivity contribution is 0.689. The van der Waals surface area contributed by atoms with Gasteiger partial charge in [-0.2, -0.15) is 0 Å². The molecule has 0 heterocycles. The lowest BCUT2D eigenvalue weighted by Gasteiger charge is -2.11. The highest BCUT2D eigenvalue weighted by molar-refractivity contribution is 5.37. The lowest BCUT2D eigenvalue weighted by Crippen LogP contribution is -2.22. The summed E-state index contributed by atoms with van der Waals surface area (Å²) in [5, 5.41) is 3.33. The summed E-state index contributed by atoms with van der Waals surface area (Å²) in [5.74, 6) is 0. The van der Waals surface area contributed by atoms with Crippen molar-refractivity contribution in [3.63, 3.8) is 0 Å². The number of nitrogens with one attached hydrogen (secondary N) is 1. The van der Waals surface area contributed by atoms with E-state index < -0.39 is 0 Å². The Morgan fingerprint density at radius 3 is 2.21 bits per heavy atom. The first-order valence-electron chi connectivity index (χ1n) is 5.12. The molecule has 0 saturated carbocycles. The van der Waals surface area contributed by atoms with Gasteiger partial charge >= 0.3 is 0 Å². The van der Waals surface area contributed by atoms with Gasteiger partial charge in [-0.15, -0.1) is 0 Å². The van der Waals surface area contributed by atoms with Crippen molar-refractivity contribution >= 4 is 0 Å². The fraction of sp³-hybridized carbons (Fsp3) is 0.500. The van der Waals surface area contributed by atoms with E-state index in [2.05, 4.69) is 38.2 Å². The third kappa shape index (κ3) is 2.82. The van der Waals surface area contributed by atoms with E-state index in [9.17, 15) is 0 Å². The third-order valence-corrected chi connectivity index (χ3v) is 2.46. The van der Waals surface area contributed by atoms with Gasteiger partial charge in [0.25, 0.3) is 0 Å². The van der Waals surface area contributed by atoms with Crippen LogP contribution in [0.15, 0.2) is 12.1 Å². The molecule has 0 unspecified atom stereocenters. The van der Waals surface area contributed by atoms with Gasteiger partial charge in [0, 0.05) is 19.6 Å². The zero-order valence-corrected chi connectivity index (χ0v) is 9.35. The van der Waals surface area contributed by atoms with Gasteiger partial charge in [-0.3, -0.25) is 0 Å². The van der Waals surface area contributed by atoms with E-state index >= 15 is 0 Å². The molecule has 1 rings (SSSR count). The van der Waals surface area contributed by atoms with Gasteiger partial charge in [0.2, 0.25) is 0 Å². The number of rotatable bonds is 4. The zero-order valence-electron chi connectivity index (χ0n) is 9.35. The molecule has 2 nitrogen and oxygen atoms in total. The summed E-state index contributed by atoms with van der Waals surface area (Å²) in [7, 11) is 0. The molecule has 0 aliphatic rings. The highest BCUT2D eigenvalue weighted by Crippen LogP contribution is 2.15. The summed E-state index contributed by atoms with van der Waals surface area (Å²) in [6.45, 7) is 8.97. The van der Waals surface area contributed by atoms with E-state index in [1.54, 1.807) is 0 Å². The molecule has 0 fully saturated rings. The van der Waals surface area contributed by atoms with Crippen molar-refractivity contribution in [1.29, 1.82) is 0 Å². The Kier molecular flexibility index (Phi) is 4.11. The van der Waals surface area contributed by atoms with Crippen LogP contribution >= 0.6 is 0 Å². The molecule has 2 heteroatoms. The van der Waals surface area contributed by atoms with Gasteiger partial charge in [-0.05, 0) is 37.5 Å². The van der Waals surface area contributed by atoms with E-state index in [1.165, 1.54) is 22.3 Å². The molecule has 1 aromatic carbocycles. The molecular weight excluding hydrogens is 172 g/mol. The molecule has 0 radical (unpaired) electrons. The minimum Gasteiger partial charge on any atom is -0.329 e. The predicted octanol–water partition coefficient (Wildman–Crippen LogP) is 1.66. The second-order valence-corrected chi connectivity index (χ2v) is 3.84. The molecule has 0 spiro atoms. The zero-order chi connectivity index (χ0) is 10.6.